The second kappa shape index (κ2) is 9.64. The SMILES string of the molecule is CC(C(=O)N(C)Cc1cccc(F)c1)N1CCCN(c2ccc(C(F)(F)F)cn2)CC1. The maximum absolute atomic E-state index is 13.4. The smallest absolute Gasteiger partial charge is 0.355 e. The molecule has 9 heteroatoms. The first-order valence-corrected chi connectivity index (χ1v) is 10.2. The molecule has 1 aromatic heterocycles. The summed E-state index contributed by atoms with van der Waals surface area (Å²) in [6.45, 7) is 4.65. The zero-order valence-corrected chi connectivity index (χ0v) is 17.6. The van der Waals surface area contributed by atoms with Gasteiger partial charge in [0.1, 0.15) is 11.6 Å². The molecule has 0 saturated carbocycles. The molecule has 0 bridgehead atoms. The third-order valence-corrected chi connectivity index (χ3v) is 5.52. The number of halogens is 4. The zero-order valence-electron chi connectivity index (χ0n) is 17.6. The van der Waals surface area contributed by atoms with Crippen LogP contribution < -0.4 is 4.90 Å². The lowest BCUT2D eigenvalue weighted by Gasteiger charge is -2.30. The van der Waals surface area contributed by atoms with Crippen LogP contribution in [0.15, 0.2) is 42.6 Å². The van der Waals surface area contributed by atoms with E-state index in [2.05, 4.69) is 9.88 Å². The Kier molecular flexibility index (Phi) is 7.15. The van der Waals surface area contributed by atoms with Crippen molar-refractivity contribution >= 4 is 11.7 Å². The van der Waals surface area contributed by atoms with Gasteiger partial charge in [-0.1, -0.05) is 12.1 Å². The Hall–Kier alpha value is -2.68. The molecule has 1 aliphatic heterocycles. The van der Waals surface area contributed by atoms with Crippen LogP contribution in [0.5, 0.6) is 0 Å². The molecule has 5 nitrogen and oxygen atoms in total. The van der Waals surface area contributed by atoms with Crippen molar-refractivity contribution in [1.82, 2.24) is 14.8 Å². The largest absolute Gasteiger partial charge is 0.417 e. The normalized spacial score (nSPS) is 16.6. The summed E-state index contributed by atoms with van der Waals surface area (Å²) < 4.78 is 51.6. The molecular formula is C22H26F4N4O. The fourth-order valence-corrected chi connectivity index (χ4v) is 3.76. The van der Waals surface area contributed by atoms with E-state index in [1.165, 1.54) is 18.2 Å². The molecular weight excluding hydrogens is 412 g/mol. The Labute approximate surface area is 179 Å². The van der Waals surface area contributed by atoms with Crippen molar-refractivity contribution in [1.29, 1.82) is 0 Å². The fourth-order valence-electron chi connectivity index (χ4n) is 3.76. The number of rotatable bonds is 5. The van der Waals surface area contributed by atoms with Crippen LogP contribution in [0.3, 0.4) is 0 Å². The topological polar surface area (TPSA) is 39.7 Å². The van der Waals surface area contributed by atoms with Crippen LogP contribution in [0.1, 0.15) is 24.5 Å². The van der Waals surface area contributed by atoms with E-state index >= 15 is 0 Å². The van der Waals surface area contributed by atoms with Crippen LogP contribution in [-0.2, 0) is 17.5 Å². The van der Waals surface area contributed by atoms with Gasteiger partial charge in [0.15, 0.2) is 0 Å². The molecule has 3 rings (SSSR count). The number of pyridine rings is 1. The van der Waals surface area contributed by atoms with E-state index in [0.717, 1.165) is 24.2 Å². The lowest BCUT2D eigenvalue weighted by atomic mass is 10.2. The van der Waals surface area contributed by atoms with Gasteiger partial charge >= 0.3 is 6.18 Å². The summed E-state index contributed by atoms with van der Waals surface area (Å²) in [6, 6.07) is 8.23. The van der Waals surface area contributed by atoms with Crippen LogP contribution >= 0.6 is 0 Å². The predicted octanol–water partition coefficient (Wildman–Crippen LogP) is 3.80. The lowest BCUT2D eigenvalue weighted by molar-refractivity contribution is -0.138. The summed E-state index contributed by atoms with van der Waals surface area (Å²) in [6.07, 6.45) is -2.80. The molecule has 1 unspecified atom stereocenters. The Morgan fingerprint density at radius 1 is 1.16 bits per heavy atom. The molecule has 2 aromatic rings. The summed E-state index contributed by atoms with van der Waals surface area (Å²) in [4.78, 5) is 22.4. The number of carbonyl (C=O) groups is 1. The number of carbonyl (C=O) groups excluding carboxylic acids is 1. The summed E-state index contributed by atoms with van der Waals surface area (Å²) in [5.41, 5.74) is -0.0493. The van der Waals surface area contributed by atoms with E-state index < -0.39 is 11.7 Å². The van der Waals surface area contributed by atoms with Crippen molar-refractivity contribution in [2.24, 2.45) is 0 Å². The minimum atomic E-state index is -4.41. The van der Waals surface area contributed by atoms with Crippen LogP contribution in [-0.4, -0.2) is 60.0 Å². The second-order valence-electron chi connectivity index (χ2n) is 7.78. The minimum Gasteiger partial charge on any atom is -0.355 e. The third-order valence-electron chi connectivity index (χ3n) is 5.52. The Morgan fingerprint density at radius 3 is 2.58 bits per heavy atom. The summed E-state index contributed by atoms with van der Waals surface area (Å²) in [7, 11) is 1.69. The second-order valence-corrected chi connectivity index (χ2v) is 7.78. The molecule has 0 aliphatic carbocycles. The Morgan fingerprint density at radius 2 is 1.94 bits per heavy atom. The highest BCUT2D eigenvalue weighted by Crippen LogP contribution is 2.29. The molecule has 0 N–H and O–H groups in total. The molecule has 1 aromatic carbocycles. The minimum absolute atomic E-state index is 0.0645. The van der Waals surface area contributed by atoms with Gasteiger partial charge in [0.25, 0.3) is 0 Å². The van der Waals surface area contributed by atoms with Crippen molar-refractivity contribution in [2.45, 2.75) is 32.1 Å². The summed E-state index contributed by atoms with van der Waals surface area (Å²) >= 11 is 0. The number of benzene rings is 1. The number of anilines is 1. The summed E-state index contributed by atoms with van der Waals surface area (Å²) in [5.74, 6) is 0.0956. The van der Waals surface area contributed by atoms with Crippen LogP contribution in [0.4, 0.5) is 23.4 Å². The van der Waals surface area contributed by atoms with E-state index in [1.807, 2.05) is 11.8 Å². The zero-order chi connectivity index (χ0) is 22.6. The monoisotopic (exact) mass is 438 g/mol. The third kappa shape index (κ3) is 5.94. The first-order valence-electron chi connectivity index (χ1n) is 10.2. The van der Waals surface area contributed by atoms with E-state index in [-0.39, 0.29) is 17.8 Å². The van der Waals surface area contributed by atoms with Crippen molar-refractivity contribution in [3.05, 3.63) is 59.5 Å². The average Bonchev–Trinajstić information content (AvgIpc) is 2.98. The van der Waals surface area contributed by atoms with Gasteiger partial charge in [0, 0.05) is 46.0 Å². The first kappa shape index (κ1) is 23.0. The average molecular weight is 438 g/mol. The number of likely N-dealkylation sites (N-methyl/N-ethyl adjacent to an activating group) is 1. The number of hydrogen-bond acceptors (Lipinski definition) is 4. The van der Waals surface area contributed by atoms with E-state index in [9.17, 15) is 22.4 Å². The van der Waals surface area contributed by atoms with Gasteiger partial charge in [-0.25, -0.2) is 9.37 Å². The molecule has 1 saturated heterocycles. The van der Waals surface area contributed by atoms with Crippen molar-refractivity contribution in [2.75, 3.05) is 38.1 Å². The fraction of sp³-hybridized carbons (Fsp3) is 0.455. The highest BCUT2D eigenvalue weighted by atomic mass is 19.4. The van der Waals surface area contributed by atoms with Gasteiger partial charge in [-0.15, -0.1) is 0 Å². The predicted molar refractivity (Wildman–Crippen MR) is 110 cm³/mol. The number of nitrogens with zero attached hydrogens (tertiary/aromatic N) is 4. The van der Waals surface area contributed by atoms with E-state index in [0.29, 0.717) is 38.5 Å². The highest BCUT2D eigenvalue weighted by Gasteiger charge is 2.31. The quantitative estimate of drug-likeness (QED) is 0.666. The van der Waals surface area contributed by atoms with Crippen LogP contribution in [0, 0.1) is 5.82 Å². The van der Waals surface area contributed by atoms with Gasteiger partial charge in [0.2, 0.25) is 5.91 Å². The number of amides is 1. The highest BCUT2D eigenvalue weighted by molar-refractivity contribution is 5.81. The molecule has 1 aliphatic rings. The lowest BCUT2D eigenvalue weighted by Crippen LogP contribution is -2.47. The van der Waals surface area contributed by atoms with E-state index in [1.54, 1.807) is 24.1 Å². The van der Waals surface area contributed by atoms with Gasteiger partial charge < -0.3 is 9.80 Å². The number of alkyl halides is 3. The van der Waals surface area contributed by atoms with Gasteiger partial charge in [-0.2, -0.15) is 13.2 Å². The molecule has 0 radical (unpaired) electrons. The van der Waals surface area contributed by atoms with Crippen molar-refractivity contribution in [3.63, 3.8) is 0 Å². The van der Waals surface area contributed by atoms with Gasteiger partial charge in [-0.3, -0.25) is 9.69 Å². The molecule has 1 fully saturated rings. The maximum Gasteiger partial charge on any atom is 0.417 e. The number of hydrogen-bond donors (Lipinski definition) is 0. The van der Waals surface area contributed by atoms with Crippen LogP contribution in [0.25, 0.3) is 0 Å². The van der Waals surface area contributed by atoms with Crippen molar-refractivity contribution < 1.29 is 22.4 Å². The van der Waals surface area contributed by atoms with Crippen molar-refractivity contribution in [3.8, 4) is 0 Å². The van der Waals surface area contributed by atoms with Gasteiger partial charge in [-0.05, 0) is 43.2 Å². The molecule has 31 heavy (non-hydrogen) atoms. The molecule has 1 amide bonds. The Bertz CT molecular complexity index is 888. The standard InChI is InChI=1S/C22H26F4N4O/c1-16(21(31)28(2)15-17-5-3-6-19(23)13-17)29-9-4-10-30(12-11-29)20-8-7-18(14-27-20)22(24,25)26/h3,5-8,13-14,16H,4,9-12,15H2,1-2H3. The molecule has 2 heterocycles. The summed E-state index contributed by atoms with van der Waals surface area (Å²) in [5, 5.41) is 0. The van der Waals surface area contributed by atoms with Crippen LogP contribution in [0.2, 0.25) is 0 Å². The molecule has 168 valence electrons. The van der Waals surface area contributed by atoms with E-state index in [4.69, 9.17) is 0 Å². The number of aromatic nitrogens is 1. The van der Waals surface area contributed by atoms with Gasteiger partial charge in [0.05, 0.1) is 11.6 Å². The maximum atomic E-state index is 13.4. The molecule has 0 spiro atoms. The Balaban J connectivity index is 1.58. The first-order chi connectivity index (χ1) is 14.6. The molecule has 1 atom stereocenters.